The summed E-state index contributed by atoms with van der Waals surface area (Å²) in [5.74, 6) is -0.839. The number of hydrogen-bond donors (Lipinski definition) is 4. The Labute approximate surface area is 222 Å². The number of halogens is 1. The second-order valence-electron chi connectivity index (χ2n) is 9.88. The lowest BCUT2D eigenvalue weighted by Gasteiger charge is -2.38. The number of amides is 5. The molecule has 11 heteroatoms. The monoisotopic (exact) mass is 529 g/mol. The number of para-hydroxylation sites is 1. The van der Waals surface area contributed by atoms with Gasteiger partial charge in [-0.05, 0) is 57.2 Å². The van der Waals surface area contributed by atoms with Gasteiger partial charge in [0.05, 0.1) is 30.4 Å². The molecule has 3 rings (SSSR count). The molecule has 0 aliphatic carbocycles. The van der Waals surface area contributed by atoms with Gasteiger partial charge in [0.15, 0.2) is 5.75 Å². The van der Waals surface area contributed by atoms with Gasteiger partial charge >= 0.3 is 12.1 Å². The third kappa shape index (κ3) is 7.12. The van der Waals surface area contributed by atoms with Crippen molar-refractivity contribution >= 4 is 29.3 Å². The van der Waals surface area contributed by atoms with Crippen LogP contribution in [0.15, 0.2) is 42.5 Å². The maximum atomic E-state index is 13.6. The number of aliphatic hydroxyl groups excluding tert-OH is 1. The summed E-state index contributed by atoms with van der Waals surface area (Å²) in [5.41, 5.74) is 0.850. The van der Waals surface area contributed by atoms with Gasteiger partial charge in [-0.3, -0.25) is 4.79 Å². The van der Waals surface area contributed by atoms with Gasteiger partial charge in [-0.15, -0.1) is 0 Å². The minimum absolute atomic E-state index is 0.0460. The van der Waals surface area contributed by atoms with E-state index in [-0.39, 0.29) is 54.1 Å². The molecule has 4 N–H and O–H groups in total. The molecular weight excluding hydrogens is 493 g/mol. The number of anilines is 2. The van der Waals surface area contributed by atoms with Gasteiger partial charge < -0.3 is 35.6 Å². The zero-order valence-electron chi connectivity index (χ0n) is 22.3. The van der Waals surface area contributed by atoms with Crippen LogP contribution in [0, 0.1) is 11.7 Å². The number of carbonyl (C=O) groups excluding carboxylic acids is 3. The van der Waals surface area contributed by atoms with Crippen LogP contribution in [0.1, 0.15) is 38.1 Å². The van der Waals surface area contributed by atoms with Crippen LogP contribution in [-0.4, -0.2) is 77.8 Å². The number of hydrogen-bond acceptors (Lipinski definition) is 5. The summed E-state index contributed by atoms with van der Waals surface area (Å²) >= 11 is 0. The van der Waals surface area contributed by atoms with E-state index in [1.54, 1.807) is 37.1 Å². The second-order valence-corrected chi connectivity index (χ2v) is 9.88. The Hall–Kier alpha value is -3.86. The van der Waals surface area contributed by atoms with Crippen LogP contribution in [-0.2, 0) is 0 Å². The molecule has 0 aromatic heterocycles. The molecule has 0 bridgehead atoms. The summed E-state index contributed by atoms with van der Waals surface area (Å²) in [5, 5.41) is 18.0. The maximum absolute atomic E-state index is 13.6. The van der Waals surface area contributed by atoms with Gasteiger partial charge in [0.25, 0.3) is 5.91 Å². The molecule has 0 saturated heterocycles. The van der Waals surface area contributed by atoms with Gasteiger partial charge in [0.2, 0.25) is 0 Å². The van der Waals surface area contributed by atoms with E-state index in [4.69, 9.17) is 4.74 Å². The lowest BCUT2D eigenvalue weighted by molar-refractivity contribution is 0.0368. The van der Waals surface area contributed by atoms with Crippen LogP contribution in [0.5, 0.6) is 5.75 Å². The van der Waals surface area contributed by atoms with Crippen molar-refractivity contribution in [2.75, 3.05) is 37.4 Å². The van der Waals surface area contributed by atoms with Crippen LogP contribution >= 0.6 is 0 Å². The molecule has 1 aliphatic rings. The number of fused-ring (bicyclic) bond motifs is 1. The predicted octanol–water partition coefficient (Wildman–Crippen LogP) is 3.74. The lowest BCUT2D eigenvalue weighted by Crippen LogP contribution is -2.51. The van der Waals surface area contributed by atoms with E-state index in [1.165, 1.54) is 29.2 Å². The molecule has 1 heterocycles. The smallest absolute Gasteiger partial charge is 0.323 e. The quantitative estimate of drug-likeness (QED) is 0.435. The highest BCUT2D eigenvalue weighted by Crippen LogP contribution is 2.35. The molecule has 206 valence electrons. The first-order valence-corrected chi connectivity index (χ1v) is 12.6. The molecule has 10 nitrogen and oxygen atoms in total. The molecule has 38 heavy (non-hydrogen) atoms. The summed E-state index contributed by atoms with van der Waals surface area (Å²) in [6, 6.07) is 8.75. The van der Waals surface area contributed by atoms with Gasteiger partial charge in [0.1, 0.15) is 11.9 Å². The molecule has 5 amide bonds. The second kappa shape index (κ2) is 12.6. The summed E-state index contributed by atoms with van der Waals surface area (Å²) in [6.07, 6.45) is -0.540. The molecule has 0 unspecified atom stereocenters. The average Bonchev–Trinajstić information content (AvgIpc) is 2.86. The van der Waals surface area contributed by atoms with Crippen LogP contribution in [0.25, 0.3) is 0 Å². The Morgan fingerprint density at radius 3 is 2.47 bits per heavy atom. The Morgan fingerprint density at radius 2 is 1.84 bits per heavy atom. The molecule has 2 aromatic rings. The minimum Gasteiger partial charge on any atom is -0.485 e. The highest BCUT2D eigenvalue weighted by atomic mass is 19.1. The van der Waals surface area contributed by atoms with Crippen molar-refractivity contribution in [3.05, 3.63) is 53.8 Å². The fraction of sp³-hybridized carbons (Fsp3) is 0.444. The Morgan fingerprint density at radius 1 is 1.16 bits per heavy atom. The van der Waals surface area contributed by atoms with E-state index in [0.717, 1.165) is 0 Å². The topological polar surface area (TPSA) is 123 Å². The van der Waals surface area contributed by atoms with Crippen molar-refractivity contribution in [1.29, 1.82) is 0 Å². The number of rotatable bonds is 7. The highest BCUT2D eigenvalue weighted by Gasteiger charge is 2.35. The third-order valence-electron chi connectivity index (χ3n) is 6.25. The van der Waals surface area contributed by atoms with E-state index in [2.05, 4.69) is 16.0 Å². The van der Waals surface area contributed by atoms with Crippen molar-refractivity contribution in [2.45, 2.75) is 45.9 Å². The number of likely N-dealkylation sites (N-methyl/N-ethyl adjacent to an activating group) is 1. The van der Waals surface area contributed by atoms with Crippen molar-refractivity contribution in [3.8, 4) is 5.75 Å². The summed E-state index contributed by atoms with van der Waals surface area (Å²) in [7, 11) is 1.66. The van der Waals surface area contributed by atoms with Gasteiger partial charge in [-0.1, -0.05) is 13.0 Å². The number of ether oxygens (including phenoxy) is 1. The number of urea groups is 2. The molecule has 3 atom stereocenters. The Kier molecular flexibility index (Phi) is 9.51. The molecular formula is C27H36FN5O5. The zero-order chi connectivity index (χ0) is 28.0. The van der Waals surface area contributed by atoms with Gasteiger partial charge in [-0.25, -0.2) is 14.0 Å². The molecule has 2 aromatic carbocycles. The lowest BCUT2D eigenvalue weighted by atomic mass is 9.99. The predicted molar refractivity (Wildman–Crippen MR) is 143 cm³/mol. The number of aliphatic hydroxyl groups is 1. The first-order valence-electron chi connectivity index (χ1n) is 12.6. The van der Waals surface area contributed by atoms with Crippen molar-refractivity contribution in [1.82, 2.24) is 15.1 Å². The first-order chi connectivity index (χ1) is 18.0. The molecule has 1 aliphatic heterocycles. The van der Waals surface area contributed by atoms with E-state index < -0.39 is 24.0 Å². The van der Waals surface area contributed by atoms with Crippen LogP contribution in [0.2, 0.25) is 0 Å². The number of nitrogens with one attached hydrogen (secondary N) is 3. The maximum Gasteiger partial charge on any atom is 0.323 e. The van der Waals surface area contributed by atoms with Crippen molar-refractivity contribution < 1.29 is 28.6 Å². The zero-order valence-corrected chi connectivity index (χ0v) is 22.3. The van der Waals surface area contributed by atoms with Gasteiger partial charge in [-0.2, -0.15) is 0 Å². The molecule has 0 saturated carbocycles. The number of benzene rings is 2. The normalized spacial score (nSPS) is 18.0. The van der Waals surface area contributed by atoms with E-state index in [0.29, 0.717) is 12.2 Å². The van der Waals surface area contributed by atoms with Crippen LogP contribution < -0.4 is 20.7 Å². The first kappa shape index (κ1) is 28.7. The largest absolute Gasteiger partial charge is 0.485 e. The number of nitrogens with zero attached hydrogens (tertiary/aromatic N) is 2. The third-order valence-corrected chi connectivity index (χ3v) is 6.25. The highest BCUT2D eigenvalue weighted by molar-refractivity contribution is 6.04. The van der Waals surface area contributed by atoms with Crippen molar-refractivity contribution in [3.63, 3.8) is 0 Å². The standard InChI is InChI=1S/C27H36FN5O5/c1-16(2)29-27(37)32(5)14-23-17(3)13-33(18(4)15-34)25(35)21-7-6-8-22(24(21)38-23)31-26(36)30-20-11-9-19(28)10-12-20/h6-12,16-18,23,34H,13-15H2,1-5H3,(H,29,37)(H2,30,31,36)/t17-,18-,23+/m0/s1. The Balaban J connectivity index is 1.95. The molecule has 0 fully saturated rings. The summed E-state index contributed by atoms with van der Waals surface area (Å²) in [4.78, 5) is 42.0. The SMILES string of the molecule is CC(C)NC(=O)N(C)C[C@H]1Oc2c(NC(=O)Nc3ccc(F)cc3)cccc2C(=O)N([C@@H](C)CO)C[C@@H]1C. The fourth-order valence-corrected chi connectivity index (χ4v) is 4.09. The minimum atomic E-state index is -0.610. The van der Waals surface area contributed by atoms with E-state index in [1.807, 2.05) is 20.8 Å². The van der Waals surface area contributed by atoms with Gasteiger partial charge in [0, 0.05) is 31.2 Å². The van der Waals surface area contributed by atoms with E-state index >= 15 is 0 Å². The Bertz CT molecular complexity index is 1140. The molecule has 0 radical (unpaired) electrons. The van der Waals surface area contributed by atoms with Crippen molar-refractivity contribution in [2.24, 2.45) is 5.92 Å². The van der Waals surface area contributed by atoms with E-state index in [9.17, 15) is 23.9 Å². The number of carbonyl (C=O) groups is 3. The fourth-order valence-electron chi connectivity index (χ4n) is 4.09. The van der Waals surface area contributed by atoms with Crippen LogP contribution in [0.3, 0.4) is 0 Å². The summed E-state index contributed by atoms with van der Waals surface area (Å²) < 4.78 is 19.6. The van der Waals surface area contributed by atoms with Crippen LogP contribution in [0.4, 0.5) is 25.4 Å². The molecule has 0 spiro atoms. The average molecular weight is 530 g/mol. The summed E-state index contributed by atoms with van der Waals surface area (Å²) in [6.45, 7) is 7.68.